The molecule has 0 N–H and O–H groups in total. The van der Waals surface area contributed by atoms with Crippen LogP contribution in [-0.4, -0.2) is 14.8 Å². The van der Waals surface area contributed by atoms with Gasteiger partial charge in [-0.15, -0.1) is 0 Å². The van der Waals surface area contributed by atoms with Crippen LogP contribution in [0.2, 0.25) is 0 Å². The van der Waals surface area contributed by atoms with Crippen LogP contribution in [0, 0.1) is 20.8 Å². The summed E-state index contributed by atoms with van der Waals surface area (Å²) < 4.78 is 1.45. The third kappa shape index (κ3) is 2.85. The highest BCUT2D eigenvalue weighted by Gasteiger charge is 2.25. The first-order valence-corrected chi connectivity index (χ1v) is 9.14. The van der Waals surface area contributed by atoms with Gasteiger partial charge < -0.3 is 0 Å². The molecule has 1 aliphatic carbocycles. The van der Waals surface area contributed by atoms with Crippen LogP contribution in [0.15, 0.2) is 47.5 Å². The zero-order valence-corrected chi connectivity index (χ0v) is 15.5. The van der Waals surface area contributed by atoms with Gasteiger partial charge in [-0.2, -0.15) is 9.78 Å². The van der Waals surface area contributed by atoms with E-state index >= 15 is 0 Å². The minimum atomic E-state index is -0.0246. The Morgan fingerprint density at radius 1 is 1.12 bits per heavy atom. The molecule has 132 valence electrons. The van der Waals surface area contributed by atoms with Crippen LogP contribution >= 0.6 is 0 Å². The molecule has 1 atom stereocenters. The number of nitrogens with zero attached hydrogens (tertiary/aromatic N) is 3. The molecule has 0 amide bonds. The molecule has 1 unspecified atom stereocenters. The topological polar surface area (TPSA) is 47.8 Å². The normalized spacial score (nSPS) is 16.3. The Kier molecular flexibility index (Phi) is 4.19. The molecule has 26 heavy (non-hydrogen) atoms. The molecular weight excluding hydrogens is 322 g/mol. The Morgan fingerprint density at radius 2 is 1.96 bits per heavy atom. The minimum Gasteiger partial charge on any atom is -0.267 e. The zero-order chi connectivity index (χ0) is 18.3. The van der Waals surface area contributed by atoms with Gasteiger partial charge in [0.05, 0.1) is 6.20 Å². The van der Waals surface area contributed by atoms with E-state index in [0.29, 0.717) is 11.7 Å². The highest BCUT2D eigenvalue weighted by Crippen LogP contribution is 2.33. The molecule has 1 aromatic carbocycles. The fraction of sp³-hybridized carbons (Fsp3) is 0.318. The molecule has 2 aromatic heterocycles. The van der Waals surface area contributed by atoms with E-state index in [9.17, 15) is 4.79 Å². The van der Waals surface area contributed by atoms with Crippen molar-refractivity contribution in [1.82, 2.24) is 14.8 Å². The van der Waals surface area contributed by atoms with Crippen LogP contribution in [0.1, 0.15) is 45.7 Å². The average molecular weight is 345 g/mol. The van der Waals surface area contributed by atoms with E-state index in [2.05, 4.69) is 42.1 Å². The van der Waals surface area contributed by atoms with Gasteiger partial charge in [0.25, 0.3) is 5.56 Å². The van der Waals surface area contributed by atoms with Crippen molar-refractivity contribution in [1.29, 1.82) is 0 Å². The molecule has 0 saturated heterocycles. The van der Waals surface area contributed by atoms with Crippen LogP contribution in [0.4, 0.5) is 0 Å². The van der Waals surface area contributed by atoms with E-state index in [1.54, 1.807) is 6.20 Å². The second-order valence-electron chi connectivity index (χ2n) is 7.31. The Hall–Kier alpha value is -2.75. The first kappa shape index (κ1) is 16.7. The van der Waals surface area contributed by atoms with Crippen LogP contribution < -0.4 is 5.56 Å². The second kappa shape index (κ2) is 6.52. The van der Waals surface area contributed by atoms with Gasteiger partial charge in [-0.25, -0.2) is 4.98 Å². The Bertz CT molecular complexity index is 1040. The number of aromatic nitrogens is 3. The maximum absolute atomic E-state index is 13.0. The second-order valence-corrected chi connectivity index (χ2v) is 7.31. The van der Waals surface area contributed by atoms with Crippen molar-refractivity contribution in [2.45, 2.75) is 46.0 Å². The summed E-state index contributed by atoms with van der Waals surface area (Å²) >= 11 is 0. The van der Waals surface area contributed by atoms with Gasteiger partial charge in [0.15, 0.2) is 5.82 Å². The summed E-state index contributed by atoms with van der Waals surface area (Å²) in [5.41, 5.74) is 6.92. The number of rotatable bonds is 2. The maximum atomic E-state index is 13.0. The molecule has 4 heteroatoms. The number of fused-ring (bicyclic) bond motifs is 1. The standard InChI is InChI=1S/C22H23N3O/c1-14-6-8-19(16(3)11-14)17-7-9-20-18(12-17)13-24-25(22(20)26)21-15(2)5-4-10-23-21/h4-6,8,10-11,13,17H,7,9,12H2,1-3H3. The van der Waals surface area contributed by atoms with Crippen molar-refractivity contribution in [3.8, 4) is 5.82 Å². The first-order valence-electron chi connectivity index (χ1n) is 9.14. The first-order chi connectivity index (χ1) is 12.5. The Labute approximate surface area is 153 Å². The van der Waals surface area contributed by atoms with Crippen molar-refractivity contribution in [2.75, 3.05) is 0 Å². The van der Waals surface area contributed by atoms with Crippen molar-refractivity contribution < 1.29 is 0 Å². The van der Waals surface area contributed by atoms with E-state index in [1.807, 2.05) is 25.3 Å². The van der Waals surface area contributed by atoms with Crippen molar-refractivity contribution >= 4 is 0 Å². The predicted molar refractivity (Wildman–Crippen MR) is 103 cm³/mol. The molecule has 4 rings (SSSR count). The molecule has 3 aromatic rings. The lowest BCUT2D eigenvalue weighted by Gasteiger charge is -2.26. The molecule has 4 nitrogen and oxygen atoms in total. The Balaban J connectivity index is 1.71. The van der Waals surface area contributed by atoms with Crippen molar-refractivity contribution in [3.63, 3.8) is 0 Å². The molecular formula is C22H23N3O. The van der Waals surface area contributed by atoms with Gasteiger partial charge in [0.1, 0.15) is 0 Å². The summed E-state index contributed by atoms with van der Waals surface area (Å²) in [6, 6.07) is 10.5. The largest absolute Gasteiger partial charge is 0.276 e. The zero-order valence-electron chi connectivity index (χ0n) is 15.5. The smallest absolute Gasteiger partial charge is 0.267 e. The summed E-state index contributed by atoms with van der Waals surface area (Å²) in [5.74, 6) is 1.08. The molecule has 0 aliphatic heterocycles. The van der Waals surface area contributed by atoms with Crippen LogP contribution in [-0.2, 0) is 12.8 Å². The SMILES string of the molecule is Cc1ccc(C2CCc3c(cnn(-c4ncccc4C)c3=O)C2)c(C)c1. The summed E-state index contributed by atoms with van der Waals surface area (Å²) in [7, 11) is 0. The number of pyridine rings is 1. The molecule has 0 bridgehead atoms. The summed E-state index contributed by atoms with van der Waals surface area (Å²) in [4.78, 5) is 17.3. The average Bonchev–Trinajstić information content (AvgIpc) is 2.63. The van der Waals surface area contributed by atoms with Crippen molar-refractivity contribution in [2.24, 2.45) is 0 Å². The third-order valence-corrected chi connectivity index (χ3v) is 5.42. The predicted octanol–water partition coefficient (Wildman–Crippen LogP) is 3.83. The fourth-order valence-corrected chi connectivity index (χ4v) is 4.05. The quantitative estimate of drug-likeness (QED) is 0.709. The van der Waals surface area contributed by atoms with Gasteiger partial charge in [0, 0.05) is 11.8 Å². The number of benzene rings is 1. The third-order valence-electron chi connectivity index (χ3n) is 5.42. The van der Waals surface area contributed by atoms with E-state index in [0.717, 1.165) is 36.0 Å². The fourth-order valence-electron chi connectivity index (χ4n) is 4.05. The molecule has 0 fully saturated rings. The van der Waals surface area contributed by atoms with E-state index in [-0.39, 0.29) is 5.56 Å². The highest BCUT2D eigenvalue weighted by molar-refractivity contribution is 5.38. The molecule has 2 heterocycles. The lowest BCUT2D eigenvalue weighted by atomic mass is 9.79. The Morgan fingerprint density at radius 3 is 2.73 bits per heavy atom. The molecule has 0 radical (unpaired) electrons. The summed E-state index contributed by atoms with van der Waals surface area (Å²) in [6.45, 7) is 6.25. The van der Waals surface area contributed by atoms with Crippen LogP contribution in [0.25, 0.3) is 5.82 Å². The number of aryl methyl sites for hydroxylation is 3. The lowest BCUT2D eigenvalue weighted by Crippen LogP contribution is -2.30. The van der Waals surface area contributed by atoms with Crippen LogP contribution in [0.5, 0.6) is 0 Å². The highest BCUT2D eigenvalue weighted by atomic mass is 16.1. The molecule has 0 saturated carbocycles. The number of hydrogen-bond donors (Lipinski definition) is 0. The van der Waals surface area contributed by atoms with Gasteiger partial charge in [-0.05, 0) is 74.3 Å². The van der Waals surface area contributed by atoms with E-state index < -0.39 is 0 Å². The van der Waals surface area contributed by atoms with Crippen molar-refractivity contribution in [3.05, 3.63) is 86.5 Å². The van der Waals surface area contributed by atoms with Crippen LogP contribution in [0.3, 0.4) is 0 Å². The minimum absolute atomic E-state index is 0.0246. The van der Waals surface area contributed by atoms with Gasteiger partial charge >= 0.3 is 0 Å². The van der Waals surface area contributed by atoms with E-state index in [1.165, 1.54) is 21.4 Å². The summed E-state index contributed by atoms with van der Waals surface area (Å²) in [6.07, 6.45) is 6.23. The lowest BCUT2D eigenvalue weighted by molar-refractivity contribution is 0.564. The van der Waals surface area contributed by atoms with Gasteiger partial charge in [0.2, 0.25) is 0 Å². The molecule has 1 aliphatic rings. The van der Waals surface area contributed by atoms with E-state index in [4.69, 9.17) is 0 Å². The monoisotopic (exact) mass is 345 g/mol. The molecule has 0 spiro atoms. The number of hydrogen-bond acceptors (Lipinski definition) is 3. The summed E-state index contributed by atoms with van der Waals surface area (Å²) in [5, 5.41) is 4.43. The van der Waals surface area contributed by atoms with Gasteiger partial charge in [-0.1, -0.05) is 29.8 Å². The maximum Gasteiger partial charge on any atom is 0.276 e. The van der Waals surface area contributed by atoms with Gasteiger partial charge in [-0.3, -0.25) is 4.79 Å².